The Balaban J connectivity index is 4.32. The maximum Gasteiger partial charge on any atom is 0.408 e. The first-order valence-electron chi connectivity index (χ1n) is 5.43. The molecule has 1 N–H and O–H groups in total. The van der Waals surface area contributed by atoms with Crippen molar-refractivity contribution in [1.29, 1.82) is 0 Å². The Labute approximate surface area is 116 Å². The second-order valence-corrected chi connectivity index (χ2v) is 5.63. The van der Waals surface area contributed by atoms with Crippen LogP contribution in [0.25, 0.3) is 0 Å². The minimum Gasteiger partial charge on any atom is -0.467 e. The smallest absolute Gasteiger partial charge is 0.408 e. The van der Waals surface area contributed by atoms with E-state index in [0.29, 0.717) is 6.42 Å². The molecule has 17 heavy (non-hydrogen) atoms. The van der Waals surface area contributed by atoms with Crippen LogP contribution in [-0.4, -0.2) is 35.2 Å². The summed E-state index contributed by atoms with van der Waals surface area (Å²) in [4.78, 5) is 22.9. The summed E-state index contributed by atoms with van der Waals surface area (Å²) >= 11 is 2.22. The minimum atomic E-state index is -0.635. The van der Waals surface area contributed by atoms with Gasteiger partial charge in [0, 0.05) is 0 Å². The van der Waals surface area contributed by atoms with Crippen LogP contribution in [0, 0.1) is 0 Å². The molecule has 0 saturated carbocycles. The van der Waals surface area contributed by atoms with Crippen molar-refractivity contribution in [3.63, 3.8) is 0 Å². The third-order valence-corrected chi connectivity index (χ3v) is 2.57. The number of amides is 1. The van der Waals surface area contributed by atoms with Crippen LogP contribution in [0.4, 0.5) is 4.79 Å². The van der Waals surface area contributed by atoms with Gasteiger partial charge in [0.2, 0.25) is 0 Å². The largest absolute Gasteiger partial charge is 0.467 e. The molecule has 0 fully saturated rings. The maximum absolute atomic E-state index is 11.5. The number of hydrogen-bond donors (Lipinski definition) is 1. The Hall–Kier alpha value is -0.530. The SMILES string of the molecule is COC(=O)[C@H](CCCI)NC(=O)OC(C)(C)C. The van der Waals surface area contributed by atoms with Crippen molar-refractivity contribution < 1.29 is 19.1 Å². The number of rotatable bonds is 5. The van der Waals surface area contributed by atoms with E-state index in [9.17, 15) is 9.59 Å². The molecule has 0 saturated heterocycles. The highest BCUT2D eigenvalue weighted by Crippen LogP contribution is 2.08. The third kappa shape index (κ3) is 8.23. The standard InChI is InChI=1S/C11H20INO4/c1-11(2,3)17-10(15)13-8(6-5-7-12)9(14)16-4/h8H,5-7H2,1-4H3,(H,13,15)/t8-/m0/s1. The van der Waals surface area contributed by atoms with Crippen molar-refractivity contribution in [1.82, 2.24) is 5.32 Å². The fourth-order valence-corrected chi connectivity index (χ4v) is 1.56. The summed E-state index contributed by atoms with van der Waals surface area (Å²) in [5.74, 6) is -0.444. The molecule has 0 aromatic carbocycles. The number of esters is 1. The van der Waals surface area contributed by atoms with Gasteiger partial charge in [-0.05, 0) is 38.0 Å². The van der Waals surface area contributed by atoms with Crippen LogP contribution in [0.1, 0.15) is 33.6 Å². The molecule has 0 aliphatic carbocycles. The van der Waals surface area contributed by atoms with Crippen LogP contribution in [-0.2, 0) is 14.3 Å². The highest BCUT2D eigenvalue weighted by atomic mass is 127. The summed E-state index contributed by atoms with van der Waals surface area (Å²) < 4.78 is 10.6. The second-order valence-electron chi connectivity index (χ2n) is 4.55. The molecule has 6 heteroatoms. The van der Waals surface area contributed by atoms with Gasteiger partial charge in [0.1, 0.15) is 11.6 Å². The average molecular weight is 357 g/mol. The Bertz CT molecular complexity index is 263. The molecule has 0 radical (unpaired) electrons. The molecule has 0 spiro atoms. The van der Waals surface area contributed by atoms with Crippen molar-refractivity contribution >= 4 is 34.7 Å². The molecule has 0 aromatic heterocycles. The van der Waals surface area contributed by atoms with E-state index in [1.807, 2.05) is 0 Å². The summed E-state index contributed by atoms with van der Waals surface area (Å²) in [6.07, 6.45) is 0.784. The van der Waals surface area contributed by atoms with Gasteiger partial charge in [-0.25, -0.2) is 9.59 Å². The molecule has 0 bridgehead atoms. The van der Waals surface area contributed by atoms with Crippen LogP contribution in [0.15, 0.2) is 0 Å². The van der Waals surface area contributed by atoms with Crippen molar-refractivity contribution in [2.45, 2.75) is 45.3 Å². The molecule has 100 valence electrons. The van der Waals surface area contributed by atoms with E-state index >= 15 is 0 Å². The molecule has 0 aliphatic rings. The Morgan fingerprint density at radius 1 is 1.35 bits per heavy atom. The lowest BCUT2D eigenvalue weighted by Gasteiger charge is -2.22. The Morgan fingerprint density at radius 2 is 1.94 bits per heavy atom. The molecule has 1 atom stereocenters. The van der Waals surface area contributed by atoms with Crippen LogP contribution >= 0.6 is 22.6 Å². The third-order valence-electron chi connectivity index (χ3n) is 1.80. The molecular weight excluding hydrogens is 337 g/mol. The molecule has 0 unspecified atom stereocenters. The number of nitrogens with one attached hydrogen (secondary N) is 1. The first-order valence-corrected chi connectivity index (χ1v) is 6.96. The molecular formula is C11H20INO4. The van der Waals surface area contributed by atoms with Gasteiger partial charge in [0.15, 0.2) is 0 Å². The molecule has 0 heterocycles. The summed E-state index contributed by atoms with van der Waals surface area (Å²) in [6, 6.07) is -0.635. The van der Waals surface area contributed by atoms with Gasteiger partial charge in [0.25, 0.3) is 0 Å². The first kappa shape index (κ1) is 16.5. The summed E-state index contributed by atoms with van der Waals surface area (Å²) in [5.41, 5.74) is -0.575. The number of methoxy groups -OCH3 is 1. The molecule has 5 nitrogen and oxygen atoms in total. The number of halogens is 1. The maximum atomic E-state index is 11.5. The van der Waals surface area contributed by atoms with Crippen molar-refractivity contribution in [2.24, 2.45) is 0 Å². The number of carbonyl (C=O) groups excluding carboxylic acids is 2. The Morgan fingerprint density at radius 3 is 2.35 bits per heavy atom. The highest BCUT2D eigenvalue weighted by Gasteiger charge is 2.24. The van der Waals surface area contributed by atoms with Gasteiger partial charge in [-0.1, -0.05) is 22.6 Å². The van der Waals surface area contributed by atoms with Crippen LogP contribution < -0.4 is 5.32 Å². The normalized spacial score (nSPS) is 12.8. The predicted molar refractivity (Wildman–Crippen MR) is 73.3 cm³/mol. The van der Waals surface area contributed by atoms with Crippen LogP contribution in [0.3, 0.4) is 0 Å². The van der Waals surface area contributed by atoms with Crippen molar-refractivity contribution in [3.05, 3.63) is 0 Å². The van der Waals surface area contributed by atoms with Gasteiger partial charge >= 0.3 is 12.1 Å². The highest BCUT2D eigenvalue weighted by molar-refractivity contribution is 14.1. The summed E-state index contributed by atoms with van der Waals surface area (Å²) in [6.45, 7) is 5.31. The fraction of sp³-hybridized carbons (Fsp3) is 0.818. The molecule has 0 aromatic rings. The van der Waals surface area contributed by atoms with E-state index in [-0.39, 0.29) is 0 Å². The topological polar surface area (TPSA) is 64.6 Å². The van der Waals surface area contributed by atoms with Crippen LogP contribution in [0.2, 0.25) is 0 Å². The number of ether oxygens (including phenoxy) is 2. The van der Waals surface area contributed by atoms with E-state index in [0.717, 1.165) is 10.8 Å². The average Bonchev–Trinajstić information content (AvgIpc) is 2.20. The zero-order valence-electron chi connectivity index (χ0n) is 10.7. The van der Waals surface area contributed by atoms with Gasteiger partial charge in [-0.15, -0.1) is 0 Å². The monoisotopic (exact) mass is 357 g/mol. The van der Waals surface area contributed by atoms with Crippen LogP contribution in [0.5, 0.6) is 0 Å². The van der Waals surface area contributed by atoms with Gasteiger partial charge in [-0.3, -0.25) is 0 Å². The zero-order chi connectivity index (χ0) is 13.5. The Kier molecular flexibility index (Phi) is 7.49. The van der Waals surface area contributed by atoms with Gasteiger partial charge < -0.3 is 14.8 Å². The lowest BCUT2D eigenvalue weighted by Crippen LogP contribution is -2.44. The van der Waals surface area contributed by atoms with E-state index in [1.54, 1.807) is 20.8 Å². The quantitative estimate of drug-likeness (QED) is 0.466. The minimum absolute atomic E-state index is 0.444. The van der Waals surface area contributed by atoms with E-state index in [1.165, 1.54) is 7.11 Å². The molecule has 1 amide bonds. The summed E-state index contributed by atoms with van der Waals surface area (Å²) in [7, 11) is 1.30. The number of hydrogen-bond acceptors (Lipinski definition) is 4. The number of alkyl carbamates (subject to hydrolysis) is 1. The van der Waals surface area contributed by atoms with Gasteiger partial charge in [0.05, 0.1) is 7.11 Å². The predicted octanol–water partition coefficient (Wildman–Crippen LogP) is 2.27. The first-order chi connectivity index (χ1) is 7.80. The molecule has 0 aliphatic heterocycles. The number of carbonyl (C=O) groups is 2. The number of alkyl halides is 1. The lowest BCUT2D eigenvalue weighted by atomic mass is 10.2. The second kappa shape index (κ2) is 7.73. The van der Waals surface area contributed by atoms with E-state index in [4.69, 9.17) is 4.74 Å². The summed E-state index contributed by atoms with van der Waals surface area (Å²) in [5, 5.41) is 2.52. The molecule has 0 rings (SSSR count). The van der Waals surface area contributed by atoms with E-state index in [2.05, 4.69) is 32.6 Å². The van der Waals surface area contributed by atoms with E-state index < -0.39 is 23.7 Å². The lowest BCUT2D eigenvalue weighted by molar-refractivity contribution is -0.143. The zero-order valence-corrected chi connectivity index (χ0v) is 12.9. The van der Waals surface area contributed by atoms with Crippen molar-refractivity contribution in [3.8, 4) is 0 Å². The van der Waals surface area contributed by atoms with Crippen molar-refractivity contribution in [2.75, 3.05) is 11.5 Å². The fourth-order valence-electron chi connectivity index (χ4n) is 1.12. The van der Waals surface area contributed by atoms with Gasteiger partial charge in [-0.2, -0.15) is 0 Å².